The highest BCUT2D eigenvalue weighted by atomic mass is 14.1. The van der Waals surface area contributed by atoms with E-state index in [0.29, 0.717) is 0 Å². The first-order valence-corrected chi connectivity index (χ1v) is 5.06. The van der Waals surface area contributed by atoms with Gasteiger partial charge in [-0.1, -0.05) is 35.4 Å². The minimum absolute atomic E-state index is 1.34. The normalized spacial score (nSPS) is 10.9. The summed E-state index contributed by atoms with van der Waals surface area (Å²) in [6.07, 6.45) is 0. The van der Waals surface area contributed by atoms with E-state index in [2.05, 4.69) is 52.0 Å². The van der Waals surface area contributed by atoms with Crippen molar-refractivity contribution in [3.8, 4) is 11.1 Å². The summed E-state index contributed by atoms with van der Waals surface area (Å²) >= 11 is 0. The van der Waals surface area contributed by atoms with Gasteiger partial charge in [-0.15, -0.1) is 0 Å². The van der Waals surface area contributed by atoms with Gasteiger partial charge >= 0.3 is 0 Å². The molecule has 0 aliphatic heterocycles. The minimum atomic E-state index is 1.34. The first-order valence-electron chi connectivity index (χ1n) is 5.06. The maximum absolute atomic E-state index is 2.28. The van der Waals surface area contributed by atoms with Gasteiger partial charge in [0.05, 0.1) is 0 Å². The van der Waals surface area contributed by atoms with Crippen molar-refractivity contribution in [1.29, 1.82) is 0 Å². The first-order chi connectivity index (χ1) is 6.58. The lowest BCUT2D eigenvalue weighted by molar-refractivity contribution is 1.43. The Balaban J connectivity index is 2.83. The Hall–Kier alpha value is -1.30. The molecule has 0 bridgehead atoms. The van der Waals surface area contributed by atoms with Gasteiger partial charge in [-0.2, -0.15) is 0 Å². The molecule has 0 aromatic heterocycles. The van der Waals surface area contributed by atoms with Gasteiger partial charge in [0, 0.05) is 0 Å². The van der Waals surface area contributed by atoms with Gasteiger partial charge in [-0.25, -0.2) is 0 Å². The molecule has 0 aromatic rings. The summed E-state index contributed by atoms with van der Waals surface area (Å²) in [6, 6.07) is 9.07. The van der Waals surface area contributed by atoms with Crippen molar-refractivity contribution in [1.82, 2.24) is 0 Å². The number of hydrogen-bond donors (Lipinski definition) is 0. The van der Waals surface area contributed by atoms with E-state index in [1.807, 2.05) is 0 Å². The summed E-state index contributed by atoms with van der Waals surface area (Å²) in [6.45, 7) is 8.69. The number of aryl methyl sites for hydroxylation is 4. The smallest absolute Gasteiger partial charge is 0.0149 e. The molecule has 0 unspecified atom stereocenters. The van der Waals surface area contributed by atoms with Crippen LogP contribution in [0.25, 0.3) is 11.1 Å². The average molecular weight is 184 g/mol. The fourth-order valence-corrected chi connectivity index (χ4v) is 2.19. The maximum Gasteiger partial charge on any atom is -0.0149 e. The number of rotatable bonds is 0. The lowest BCUT2D eigenvalue weighted by Gasteiger charge is -1.96. The molecule has 2 aliphatic rings. The molecule has 2 rings (SSSR count). The van der Waals surface area contributed by atoms with Crippen molar-refractivity contribution in [2.45, 2.75) is 27.7 Å². The van der Waals surface area contributed by atoms with Crippen molar-refractivity contribution in [3.05, 3.63) is 46.5 Å². The Morgan fingerprint density at radius 1 is 0.571 bits per heavy atom. The van der Waals surface area contributed by atoms with E-state index < -0.39 is 0 Å². The van der Waals surface area contributed by atoms with Crippen molar-refractivity contribution < 1.29 is 0 Å². The monoisotopic (exact) mass is 184 g/mol. The van der Waals surface area contributed by atoms with Crippen LogP contribution >= 0.6 is 0 Å². The van der Waals surface area contributed by atoms with E-state index in [1.54, 1.807) is 0 Å². The van der Waals surface area contributed by atoms with Crippen molar-refractivity contribution in [2.24, 2.45) is 0 Å². The Labute approximate surface area is 85.9 Å². The van der Waals surface area contributed by atoms with Crippen LogP contribution < -0.4 is 0 Å². The number of hydrogen-bond acceptors (Lipinski definition) is 0. The summed E-state index contributed by atoms with van der Waals surface area (Å²) < 4.78 is 0. The van der Waals surface area contributed by atoms with Crippen LogP contribution in [0.15, 0.2) is 24.3 Å². The Morgan fingerprint density at radius 2 is 1.00 bits per heavy atom. The summed E-state index contributed by atoms with van der Waals surface area (Å²) in [5.74, 6) is 0. The predicted octanol–water partition coefficient (Wildman–Crippen LogP) is 4.03. The molecular formula is C14H16. The molecule has 0 heterocycles. The highest BCUT2D eigenvalue weighted by Crippen LogP contribution is 2.32. The molecule has 0 fully saturated rings. The second-order valence-electron chi connectivity index (χ2n) is 4.26. The molecule has 0 spiro atoms. The zero-order valence-corrected chi connectivity index (χ0v) is 9.31. The maximum atomic E-state index is 2.28. The zero-order valence-electron chi connectivity index (χ0n) is 9.31. The van der Waals surface area contributed by atoms with Crippen LogP contribution in [0.3, 0.4) is 0 Å². The fourth-order valence-electron chi connectivity index (χ4n) is 2.19. The van der Waals surface area contributed by atoms with Gasteiger partial charge < -0.3 is 0 Å². The molecule has 0 saturated carbocycles. The van der Waals surface area contributed by atoms with Crippen molar-refractivity contribution in [2.75, 3.05) is 0 Å². The average Bonchev–Trinajstić information content (AvgIpc) is 2.30. The van der Waals surface area contributed by atoms with Crippen LogP contribution in [0.2, 0.25) is 0 Å². The third kappa shape index (κ3) is 1.41. The molecular weight excluding hydrogens is 168 g/mol. The van der Waals surface area contributed by atoms with Crippen LogP contribution in [0, 0.1) is 27.7 Å². The standard InChI is InChI=1S/C14H16/c1-9-5-10(2)7-14-12(4)8-11(3)13(14)6-9/h5-8H,1-4H3. The first kappa shape index (κ1) is 9.26. The van der Waals surface area contributed by atoms with E-state index in [1.165, 1.54) is 33.4 Å². The van der Waals surface area contributed by atoms with Gasteiger partial charge in [-0.3, -0.25) is 0 Å². The van der Waals surface area contributed by atoms with E-state index in [4.69, 9.17) is 0 Å². The lowest BCUT2D eigenvalue weighted by atomic mass is 10.1. The molecule has 14 heavy (non-hydrogen) atoms. The molecule has 0 saturated heterocycles. The predicted molar refractivity (Wildman–Crippen MR) is 62.0 cm³/mol. The Kier molecular flexibility index (Phi) is 2.07. The van der Waals surface area contributed by atoms with E-state index in [-0.39, 0.29) is 0 Å². The van der Waals surface area contributed by atoms with E-state index in [9.17, 15) is 0 Å². The molecule has 0 aromatic carbocycles. The SMILES string of the molecule is Cc1cc(C)cc2c(C)cc(C)c-2c1. The van der Waals surface area contributed by atoms with Gasteiger partial charge in [-0.05, 0) is 49.9 Å². The minimum Gasteiger partial charge on any atom is -0.0563 e. The topological polar surface area (TPSA) is 0 Å². The highest BCUT2D eigenvalue weighted by Gasteiger charge is 2.09. The third-order valence-corrected chi connectivity index (χ3v) is 2.77. The van der Waals surface area contributed by atoms with Crippen LogP contribution in [-0.2, 0) is 0 Å². The largest absolute Gasteiger partial charge is 0.0563 e. The van der Waals surface area contributed by atoms with Gasteiger partial charge in [0.2, 0.25) is 0 Å². The molecule has 0 amide bonds. The van der Waals surface area contributed by atoms with Crippen molar-refractivity contribution in [3.63, 3.8) is 0 Å². The van der Waals surface area contributed by atoms with Crippen LogP contribution in [-0.4, -0.2) is 0 Å². The van der Waals surface area contributed by atoms with E-state index in [0.717, 1.165) is 0 Å². The van der Waals surface area contributed by atoms with Gasteiger partial charge in [0.1, 0.15) is 0 Å². The molecule has 2 aliphatic carbocycles. The zero-order chi connectivity index (χ0) is 10.3. The summed E-state index contributed by atoms with van der Waals surface area (Å²) in [5.41, 5.74) is 8.24. The lowest BCUT2D eigenvalue weighted by Crippen LogP contribution is -1.72. The second-order valence-corrected chi connectivity index (χ2v) is 4.26. The summed E-state index contributed by atoms with van der Waals surface area (Å²) in [4.78, 5) is 0. The second kappa shape index (κ2) is 3.13. The molecule has 0 nitrogen and oxygen atoms in total. The third-order valence-electron chi connectivity index (χ3n) is 2.77. The molecule has 72 valence electrons. The molecule has 0 atom stereocenters. The van der Waals surface area contributed by atoms with Crippen LogP contribution in [0.1, 0.15) is 22.3 Å². The molecule has 0 heteroatoms. The highest BCUT2D eigenvalue weighted by molar-refractivity contribution is 5.75. The number of fused-ring (bicyclic) bond motifs is 1. The van der Waals surface area contributed by atoms with Crippen molar-refractivity contribution >= 4 is 0 Å². The van der Waals surface area contributed by atoms with E-state index >= 15 is 0 Å². The van der Waals surface area contributed by atoms with Crippen LogP contribution in [0.5, 0.6) is 0 Å². The van der Waals surface area contributed by atoms with Gasteiger partial charge in [0.25, 0.3) is 0 Å². The summed E-state index contributed by atoms with van der Waals surface area (Å²) in [5, 5.41) is 0. The Morgan fingerprint density at radius 3 is 1.43 bits per heavy atom. The molecule has 0 N–H and O–H groups in total. The Bertz CT molecular complexity index is 413. The molecule has 0 radical (unpaired) electrons. The van der Waals surface area contributed by atoms with Crippen LogP contribution in [0.4, 0.5) is 0 Å². The fraction of sp³-hybridized carbons (Fsp3) is 0.286. The quantitative estimate of drug-likeness (QED) is 0.580. The summed E-state index contributed by atoms with van der Waals surface area (Å²) in [7, 11) is 0. The van der Waals surface area contributed by atoms with Gasteiger partial charge in [0.15, 0.2) is 0 Å².